The molecule has 0 unspecified atom stereocenters. The second-order valence-corrected chi connectivity index (χ2v) is 7.92. The molecule has 140 valence electrons. The topological polar surface area (TPSA) is 26.7 Å². The van der Waals surface area contributed by atoms with Gasteiger partial charge in [-0.25, -0.2) is 0 Å². The van der Waals surface area contributed by atoms with Gasteiger partial charge in [0.25, 0.3) is 0 Å². The molecule has 1 N–H and O–H groups in total. The van der Waals surface area contributed by atoms with Crippen LogP contribution in [0.25, 0.3) is 0 Å². The minimum Gasteiger partial charge on any atom is -0.508 e. The Balaban J connectivity index is 1.62. The fourth-order valence-electron chi connectivity index (χ4n) is 4.44. The highest BCUT2D eigenvalue weighted by Crippen LogP contribution is 2.42. The Labute approximate surface area is 158 Å². The number of nitrogens with zero attached hydrogens (tertiary/aromatic N) is 2. The lowest BCUT2D eigenvalue weighted by Gasteiger charge is -2.47. The number of benzene rings is 2. The number of phenols is 1. The first-order valence-corrected chi connectivity index (χ1v) is 9.72. The molecule has 0 radical (unpaired) electrons. The second kappa shape index (κ2) is 8.24. The van der Waals surface area contributed by atoms with Crippen molar-refractivity contribution < 1.29 is 5.11 Å². The zero-order valence-corrected chi connectivity index (χ0v) is 16.4. The van der Waals surface area contributed by atoms with E-state index in [2.05, 4.69) is 67.3 Å². The third-order valence-corrected chi connectivity index (χ3v) is 6.24. The quantitative estimate of drug-likeness (QED) is 0.841. The van der Waals surface area contributed by atoms with Gasteiger partial charge in [0.15, 0.2) is 0 Å². The average Bonchev–Trinajstić information content (AvgIpc) is 2.67. The van der Waals surface area contributed by atoms with Gasteiger partial charge in [-0.15, -0.1) is 0 Å². The Hall–Kier alpha value is -1.84. The first kappa shape index (κ1) is 18.9. The van der Waals surface area contributed by atoms with Gasteiger partial charge in [-0.2, -0.15) is 0 Å². The Morgan fingerprint density at radius 3 is 2.27 bits per heavy atom. The molecule has 0 spiro atoms. The van der Waals surface area contributed by atoms with Gasteiger partial charge in [-0.05, 0) is 76.5 Å². The lowest BCUT2D eigenvalue weighted by atomic mass is 9.73. The number of hydrogen-bond acceptors (Lipinski definition) is 3. The molecule has 1 aliphatic carbocycles. The van der Waals surface area contributed by atoms with Crippen LogP contribution < -0.4 is 0 Å². The highest BCUT2D eigenvalue weighted by molar-refractivity contribution is 5.33. The lowest BCUT2D eigenvalue weighted by Crippen LogP contribution is -2.48. The van der Waals surface area contributed by atoms with Crippen molar-refractivity contribution in [3.8, 4) is 5.75 Å². The van der Waals surface area contributed by atoms with Crippen molar-refractivity contribution in [2.45, 2.75) is 43.7 Å². The first-order chi connectivity index (χ1) is 12.5. The Morgan fingerprint density at radius 2 is 1.65 bits per heavy atom. The van der Waals surface area contributed by atoms with E-state index >= 15 is 0 Å². The average molecular weight is 353 g/mol. The van der Waals surface area contributed by atoms with E-state index in [0.29, 0.717) is 11.8 Å². The monoisotopic (exact) mass is 352 g/mol. The largest absolute Gasteiger partial charge is 0.508 e. The van der Waals surface area contributed by atoms with Crippen LogP contribution in [0.15, 0.2) is 54.6 Å². The number of hydrogen-bond donors (Lipinski definition) is 1. The molecule has 0 amide bonds. The van der Waals surface area contributed by atoms with E-state index in [0.717, 1.165) is 25.8 Å². The molecule has 1 saturated carbocycles. The number of rotatable bonds is 6. The minimum absolute atomic E-state index is 0.0372. The van der Waals surface area contributed by atoms with Crippen molar-refractivity contribution in [1.29, 1.82) is 0 Å². The summed E-state index contributed by atoms with van der Waals surface area (Å²) in [7, 11) is 6.61. The van der Waals surface area contributed by atoms with Crippen LogP contribution in [0.4, 0.5) is 0 Å². The molecule has 1 aliphatic rings. The fraction of sp³-hybridized carbons (Fsp3) is 0.478. The van der Waals surface area contributed by atoms with Crippen LogP contribution in [-0.4, -0.2) is 48.6 Å². The van der Waals surface area contributed by atoms with Gasteiger partial charge in [0.2, 0.25) is 0 Å². The van der Waals surface area contributed by atoms with E-state index in [9.17, 15) is 5.11 Å². The SMILES string of the molecule is CN(CCc1ccccc1)C1CCC(c2cccc(O)c2)(N(C)C)CC1. The zero-order valence-electron chi connectivity index (χ0n) is 16.4. The third kappa shape index (κ3) is 4.11. The highest BCUT2D eigenvalue weighted by Gasteiger charge is 2.39. The summed E-state index contributed by atoms with van der Waals surface area (Å²) in [4.78, 5) is 4.89. The highest BCUT2D eigenvalue weighted by atomic mass is 16.3. The van der Waals surface area contributed by atoms with Gasteiger partial charge in [0.05, 0.1) is 0 Å². The number of phenolic OH excluding ortho intramolecular Hbond substituents is 1. The Kier molecular flexibility index (Phi) is 6.00. The smallest absolute Gasteiger partial charge is 0.115 e. The predicted octanol–water partition coefficient (Wildman–Crippen LogP) is 4.27. The van der Waals surface area contributed by atoms with Gasteiger partial charge in [0, 0.05) is 18.1 Å². The predicted molar refractivity (Wildman–Crippen MR) is 109 cm³/mol. The molecule has 2 aromatic rings. The molecule has 0 bridgehead atoms. The van der Waals surface area contributed by atoms with Crippen LogP contribution in [-0.2, 0) is 12.0 Å². The van der Waals surface area contributed by atoms with Crippen molar-refractivity contribution in [2.75, 3.05) is 27.7 Å². The maximum atomic E-state index is 9.93. The molecule has 3 heteroatoms. The maximum Gasteiger partial charge on any atom is 0.115 e. The van der Waals surface area contributed by atoms with Crippen molar-refractivity contribution >= 4 is 0 Å². The van der Waals surface area contributed by atoms with Gasteiger partial charge < -0.3 is 10.0 Å². The standard InChI is InChI=1S/C23H32N2O/c1-24(2)23(20-10-7-11-22(26)18-20)15-12-21(13-16-23)25(3)17-14-19-8-5-4-6-9-19/h4-11,18,21,26H,12-17H2,1-3H3. The summed E-state index contributed by atoms with van der Waals surface area (Å²) < 4.78 is 0. The van der Waals surface area contributed by atoms with Crippen LogP contribution >= 0.6 is 0 Å². The van der Waals surface area contributed by atoms with Crippen molar-refractivity contribution in [3.05, 3.63) is 65.7 Å². The van der Waals surface area contributed by atoms with Crippen molar-refractivity contribution in [2.24, 2.45) is 0 Å². The Bertz CT molecular complexity index is 690. The minimum atomic E-state index is 0.0372. The van der Waals surface area contributed by atoms with Gasteiger partial charge >= 0.3 is 0 Å². The van der Waals surface area contributed by atoms with E-state index in [1.807, 2.05) is 12.1 Å². The molecule has 0 saturated heterocycles. The van der Waals surface area contributed by atoms with E-state index in [1.54, 1.807) is 6.07 Å². The fourth-order valence-corrected chi connectivity index (χ4v) is 4.44. The van der Waals surface area contributed by atoms with Crippen LogP contribution in [0.2, 0.25) is 0 Å². The van der Waals surface area contributed by atoms with Gasteiger partial charge in [-0.1, -0.05) is 42.5 Å². The van der Waals surface area contributed by atoms with Crippen LogP contribution in [0.1, 0.15) is 36.8 Å². The van der Waals surface area contributed by atoms with Gasteiger partial charge in [-0.3, -0.25) is 4.90 Å². The molecule has 26 heavy (non-hydrogen) atoms. The summed E-state index contributed by atoms with van der Waals surface area (Å²) in [6.07, 6.45) is 5.76. The molecule has 0 aliphatic heterocycles. The van der Waals surface area contributed by atoms with E-state index in [1.165, 1.54) is 24.0 Å². The molecule has 3 nitrogen and oxygen atoms in total. The van der Waals surface area contributed by atoms with Crippen LogP contribution in [0, 0.1) is 0 Å². The molecule has 0 heterocycles. The molecule has 0 aromatic heterocycles. The van der Waals surface area contributed by atoms with Crippen molar-refractivity contribution in [1.82, 2.24) is 9.80 Å². The number of likely N-dealkylation sites (N-methyl/N-ethyl adjacent to an activating group) is 1. The lowest BCUT2D eigenvalue weighted by molar-refractivity contribution is 0.0575. The second-order valence-electron chi connectivity index (χ2n) is 7.92. The summed E-state index contributed by atoms with van der Waals surface area (Å²) in [6.45, 7) is 1.11. The summed E-state index contributed by atoms with van der Waals surface area (Å²) in [5.74, 6) is 0.367. The molecule has 3 rings (SSSR count). The third-order valence-electron chi connectivity index (χ3n) is 6.24. The van der Waals surface area contributed by atoms with E-state index < -0.39 is 0 Å². The van der Waals surface area contributed by atoms with Gasteiger partial charge in [0.1, 0.15) is 5.75 Å². The summed E-state index contributed by atoms with van der Waals surface area (Å²) >= 11 is 0. The summed E-state index contributed by atoms with van der Waals surface area (Å²) in [6, 6.07) is 19.2. The van der Waals surface area contributed by atoms with Crippen molar-refractivity contribution in [3.63, 3.8) is 0 Å². The molecule has 1 fully saturated rings. The Morgan fingerprint density at radius 1 is 0.962 bits per heavy atom. The summed E-state index contributed by atoms with van der Waals surface area (Å²) in [5.41, 5.74) is 2.70. The van der Waals surface area contributed by atoms with E-state index in [-0.39, 0.29) is 5.54 Å². The zero-order chi connectivity index (χ0) is 18.6. The molecule has 2 aromatic carbocycles. The molecular formula is C23H32N2O. The molecular weight excluding hydrogens is 320 g/mol. The van der Waals surface area contributed by atoms with Crippen LogP contribution in [0.3, 0.4) is 0 Å². The summed E-state index contributed by atoms with van der Waals surface area (Å²) in [5, 5.41) is 9.93. The van der Waals surface area contributed by atoms with E-state index in [4.69, 9.17) is 0 Å². The normalized spacial score (nSPS) is 23.5. The first-order valence-electron chi connectivity index (χ1n) is 9.72. The molecule has 0 atom stereocenters. The van der Waals surface area contributed by atoms with Crippen LogP contribution in [0.5, 0.6) is 5.75 Å². The maximum absolute atomic E-state index is 9.93. The number of aromatic hydroxyl groups is 1.